The molecule has 0 saturated carbocycles. The number of hydrogen-bond acceptors (Lipinski definition) is 4. The first-order chi connectivity index (χ1) is 11.5. The van der Waals surface area contributed by atoms with Crippen LogP contribution in [-0.4, -0.2) is 29.0 Å². The number of hydrogen-bond donors (Lipinski definition) is 3. The molecule has 0 spiro atoms. The van der Waals surface area contributed by atoms with E-state index in [1.165, 1.54) is 0 Å². The van der Waals surface area contributed by atoms with Crippen molar-refractivity contribution in [2.75, 3.05) is 6.54 Å². The molecule has 3 N–H and O–H groups in total. The maximum Gasteiger partial charge on any atom is 0.407 e. The maximum atomic E-state index is 11.6. The van der Waals surface area contributed by atoms with Gasteiger partial charge in [-0.3, -0.25) is 0 Å². The van der Waals surface area contributed by atoms with Crippen LogP contribution in [0.3, 0.4) is 0 Å². The Morgan fingerprint density at radius 1 is 1.17 bits per heavy atom. The first-order valence-corrected chi connectivity index (χ1v) is 7.92. The molecule has 2 aromatic carbocycles. The van der Waals surface area contributed by atoms with Crippen LogP contribution >= 0.6 is 11.6 Å². The molecule has 6 heteroatoms. The smallest absolute Gasteiger partial charge is 0.407 e. The van der Waals surface area contributed by atoms with Crippen LogP contribution in [0.15, 0.2) is 48.5 Å². The Bertz CT molecular complexity index is 678. The van der Waals surface area contributed by atoms with Crippen LogP contribution < -0.4 is 5.32 Å². The Balaban J connectivity index is 1.82. The van der Waals surface area contributed by atoms with Crippen LogP contribution in [-0.2, 0) is 11.3 Å². The highest BCUT2D eigenvalue weighted by Crippen LogP contribution is 2.27. The van der Waals surface area contributed by atoms with Crippen molar-refractivity contribution in [2.45, 2.75) is 25.7 Å². The van der Waals surface area contributed by atoms with Crippen molar-refractivity contribution in [1.29, 1.82) is 0 Å². The number of amides is 1. The highest BCUT2D eigenvalue weighted by Gasteiger charge is 2.22. The molecule has 1 amide bonds. The lowest BCUT2D eigenvalue weighted by atomic mass is 10.0. The quantitative estimate of drug-likeness (QED) is 0.749. The molecule has 0 fully saturated rings. The molecule has 2 atom stereocenters. The fourth-order valence-corrected chi connectivity index (χ4v) is 2.42. The van der Waals surface area contributed by atoms with Crippen molar-refractivity contribution in [3.63, 3.8) is 0 Å². The lowest BCUT2D eigenvalue weighted by Gasteiger charge is -2.20. The molecule has 24 heavy (non-hydrogen) atoms. The minimum absolute atomic E-state index is 0.134. The van der Waals surface area contributed by atoms with E-state index in [4.69, 9.17) is 16.3 Å². The molecule has 2 rings (SSSR count). The third-order valence-electron chi connectivity index (χ3n) is 3.57. The molecule has 0 aliphatic rings. The van der Waals surface area contributed by atoms with Crippen molar-refractivity contribution in [2.24, 2.45) is 0 Å². The molecule has 0 aliphatic heterocycles. The Morgan fingerprint density at radius 3 is 2.58 bits per heavy atom. The third kappa shape index (κ3) is 4.96. The van der Waals surface area contributed by atoms with Crippen molar-refractivity contribution in [1.82, 2.24) is 5.32 Å². The normalized spacial score (nSPS) is 13.2. The standard InChI is InChI=1S/C18H20ClNO4/c1-12-6-5-9-14(16(12)19)17(22)15(21)10-20-18(23)24-11-13-7-3-2-4-8-13/h2-9,15,17,21-22H,10-11H2,1H3,(H,20,23). The average molecular weight is 350 g/mol. The summed E-state index contributed by atoms with van der Waals surface area (Å²) in [6.07, 6.45) is -3.07. The molecule has 0 saturated heterocycles. The number of nitrogens with one attached hydrogen (secondary N) is 1. The lowest BCUT2D eigenvalue weighted by molar-refractivity contribution is 0.0184. The highest BCUT2D eigenvalue weighted by atomic mass is 35.5. The van der Waals surface area contributed by atoms with Crippen molar-refractivity contribution in [3.05, 3.63) is 70.2 Å². The maximum absolute atomic E-state index is 11.6. The van der Waals surface area contributed by atoms with Gasteiger partial charge in [0.1, 0.15) is 18.8 Å². The summed E-state index contributed by atoms with van der Waals surface area (Å²) in [5, 5.41) is 23.1. The van der Waals surface area contributed by atoms with Gasteiger partial charge < -0.3 is 20.3 Å². The molecule has 5 nitrogen and oxygen atoms in total. The molecule has 0 heterocycles. The number of rotatable bonds is 6. The van der Waals surface area contributed by atoms with Gasteiger partial charge >= 0.3 is 6.09 Å². The molecular weight excluding hydrogens is 330 g/mol. The van der Waals surface area contributed by atoms with Crippen LogP contribution in [0.2, 0.25) is 5.02 Å². The number of alkyl carbamates (subject to hydrolysis) is 1. The van der Waals surface area contributed by atoms with Crippen LogP contribution in [0.5, 0.6) is 0 Å². The van der Waals surface area contributed by atoms with E-state index in [0.717, 1.165) is 11.1 Å². The summed E-state index contributed by atoms with van der Waals surface area (Å²) in [6.45, 7) is 1.79. The van der Waals surface area contributed by atoms with Gasteiger partial charge in [-0.2, -0.15) is 0 Å². The summed E-state index contributed by atoms with van der Waals surface area (Å²) in [7, 11) is 0. The second-order valence-corrected chi connectivity index (χ2v) is 5.81. The second kappa shape index (κ2) is 8.68. The van der Waals surface area contributed by atoms with E-state index in [1.807, 2.05) is 43.3 Å². The SMILES string of the molecule is Cc1cccc(C(O)C(O)CNC(=O)OCc2ccccc2)c1Cl. The molecule has 0 aromatic heterocycles. The predicted octanol–water partition coefficient (Wildman–Crippen LogP) is 2.97. The van der Waals surface area contributed by atoms with Crippen LogP contribution in [0.1, 0.15) is 22.8 Å². The Hall–Kier alpha value is -2.08. The first kappa shape index (κ1) is 18.3. The van der Waals surface area contributed by atoms with Crippen molar-refractivity contribution in [3.8, 4) is 0 Å². The van der Waals surface area contributed by atoms with E-state index < -0.39 is 18.3 Å². The van der Waals surface area contributed by atoms with Crippen LogP contribution in [0.25, 0.3) is 0 Å². The van der Waals surface area contributed by atoms with E-state index in [1.54, 1.807) is 12.1 Å². The fourth-order valence-electron chi connectivity index (χ4n) is 2.18. The van der Waals surface area contributed by atoms with Gasteiger partial charge in [0.2, 0.25) is 0 Å². The molecular formula is C18H20ClNO4. The van der Waals surface area contributed by atoms with Gasteiger partial charge in [-0.05, 0) is 18.1 Å². The molecule has 0 radical (unpaired) electrons. The van der Waals surface area contributed by atoms with Gasteiger partial charge in [-0.1, -0.05) is 60.1 Å². The van der Waals surface area contributed by atoms with Gasteiger partial charge in [0.15, 0.2) is 0 Å². The first-order valence-electron chi connectivity index (χ1n) is 7.54. The summed E-state index contributed by atoms with van der Waals surface area (Å²) < 4.78 is 5.04. The second-order valence-electron chi connectivity index (χ2n) is 5.43. The highest BCUT2D eigenvalue weighted by molar-refractivity contribution is 6.32. The number of benzene rings is 2. The molecule has 2 aromatic rings. The van der Waals surface area contributed by atoms with Crippen LogP contribution in [0.4, 0.5) is 4.79 Å². The summed E-state index contributed by atoms with van der Waals surface area (Å²) >= 11 is 6.13. The summed E-state index contributed by atoms with van der Waals surface area (Å²) in [5.74, 6) is 0. The zero-order chi connectivity index (χ0) is 17.5. The van der Waals surface area contributed by atoms with E-state index in [0.29, 0.717) is 10.6 Å². The Morgan fingerprint density at radius 2 is 1.88 bits per heavy atom. The van der Waals surface area contributed by atoms with E-state index in [2.05, 4.69) is 5.32 Å². The predicted molar refractivity (Wildman–Crippen MR) is 91.8 cm³/mol. The average Bonchev–Trinajstić information content (AvgIpc) is 2.60. The number of aliphatic hydroxyl groups is 2. The Kier molecular flexibility index (Phi) is 6.61. The van der Waals surface area contributed by atoms with E-state index >= 15 is 0 Å². The summed E-state index contributed by atoms with van der Waals surface area (Å²) in [4.78, 5) is 11.6. The molecule has 128 valence electrons. The monoisotopic (exact) mass is 349 g/mol. The van der Waals surface area contributed by atoms with Gasteiger partial charge in [0, 0.05) is 17.1 Å². The summed E-state index contributed by atoms with van der Waals surface area (Å²) in [5.41, 5.74) is 2.08. The number of ether oxygens (including phenoxy) is 1. The van der Waals surface area contributed by atoms with Gasteiger partial charge in [-0.25, -0.2) is 4.79 Å². The lowest BCUT2D eigenvalue weighted by Crippen LogP contribution is -2.35. The zero-order valence-corrected chi connectivity index (χ0v) is 14.0. The molecule has 2 unspecified atom stereocenters. The van der Waals surface area contributed by atoms with Gasteiger partial charge in [0.25, 0.3) is 0 Å². The number of aliphatic hydroxyl groups excluding tert-OH is 2. The summed E-state index contributed by atoms with van der Waals surface area (Å²) in [6, 6.07) is 14.4. The van der Waals surface area contributed by atoms with Gasteiger partial charge in [0.05, 0.1) is 0 Å². The molecule has 0 bridgehead atoms. The number of carbonyl (C=O) groups excluding carboxylic acids is 1. The van der Waals surface area contributed by atoms with Crippen LogP contribution in [0, 0.1) is 6.92 Å². The van der Waals surface area contributed by atoms with Gasteiger partial charge in [-0.15, -0.1) is 0 Å². The molecule has 0 aliphatic carbocycles. The number of halogens is 1. The minimum Gasteiger partial charge on any atom is -0.445 e. The van der Waals surface area contributed by atoms with E-state index in [-0.39, 0.29) is 13.2 Å². The number of carbonyl (C=O) groups is 1. The Labute approximate surface area is 145 Å². The zero-order valence-electron chi connectivity index (χ0n) is 13.3. The third-order valence-corrected chi connectivity index (χ3v) is 4.09. The van der Waals surface area contributed by atoms with Crippen molar-refractivity contribution < 1.29 is 19.7 Å². The van der Waals surface area contributed by atoms with Crippen molar-refractivity contribution >= 4 is 17.7 Å². The topological polar surface area (TPSA) is 78.8 Å². The largest absolute Gasteiger partial charge is 0.445 e. The minimum atomic E-state index is -1.20. The van der Waals surface area contributed by atoms with E-state index in [9.17, 15) is 15.0 Å². The number of aryl methyl sites for hydroxylation is 1. The fraction of sp³-hybridized carbons (Fsp3) is 0.278.